The van der Waals surface area contributed by atoms with Gasteiger partial charge in [-0.05, 0) is 58.0 Å². The minimum absolute atomic E-state index is 0.539. The van der Waals surface area contributed by atoms with Gasteiger partial charge in [-0.3, -0.25) is 0 Å². The molecule has 2 aromatic carbocycles. The molecule has 8 nitrogen and oxygen atoms in total. The van der Waals surface area contributed by atoms with E-state index in [2.05, 4.69) is 52.3 Å². The standard InChI is InChI=1S/C20H12Br2N8S2/c1-29-13-5-3-9(21)7-11(13)15-17(29)23-19(27-25-15)31-32-20-24-18-16(26-28-20)12-8-10(22)4-6-14(12)30(18)2/h3-8H,1-2H3. The average Bonchev–Trinajstić information content (AvgIpc) is 3.23. The van der Waals surface area contributed by atoms with Crippen LogP contribution in [-0.2, 0) is 14.1 Å². The molecule has 0 saturated heterocycles. The van der Waals surface area contributed by atoms with Gasteiger partial charge < -0.3 is 9.13 Å². The summed E-state index contributed by atoms with van der Waals surface area (Å²) in [5.74, 6) is 0. The van der Waals surface area contributed by atoms with Crippen LogP contribution in [-0.4, -0.2) is 39.5 Å². The smallest absolute Gasteiger partial charge is 0.222 e. The largest absolute Gasteiger partial charge is 0.327 e. The normalized spacial score (nSPS) is 12.0. The molecule has 0 bridgehead atoms. The Morgan fingerprint density at radius 3 is 1.53 bits per heavy atom. The van der Waals surface area contributed by atoms with Crippen molar-refractivity contribution in [2.24, 2.45) is 14.1 Å². The minimum Gasteiger partial charge on any atom is -0.327 e. The molecule has 0 amide bonds. The maximum atomic E-state index is 4.71. The second-order valence-electron chi connectivity index (χ2n) is 7.14. The highest BCUT2D eigenvalue weighted by Crippen LogP contribution is 2.36. The summed E-state index contributed by atoms with van der Waals surface area (Å²) in [5, 5.41) is 20.6. The molecular formula is C20H12Br2N8S2. The van der Waals surface area contributed by atoms with Crippen LogP contribution in [0.5, 0.6) is 0 Å². The van der Waals surface area contributed by atoms with Gasteiger partial charge in [0, 0.05) is 33.8 Å². The highest BCUT2D eigenvalue weighted by molar-refractivity contribution is 9.10. The van der Waals surface area contributed by atoms with E-state index in [4.69, 9.17) is 9.97 Å². The van der Waals surface area contributed by atoms with E-state index in [-0.39, 0.29) is 0 Å². The molecule has 4 aromatic heterocycles. The molecule has 12 heteroatoms. The molecule has 0 saturated carbocycles. The number of hydrogen-bond acceptors (Lipinski definition) is 8. The van der Waals surface area contributed by atoms with Crippen LogP contribution in [0.3, 0.4) is 0 Å². The Morgan fingerprint density at radius 2 is 1.09 bits per heavy atom. The van der Waals surface area contributed by atoms with Crippen molar-refractivity contribution in [2.75, 3.05) is 0 Å². The molecule has 0 radical (unpaired) electrons. The molecule has 0 fully saturated rings. The van der Waals surface area contributed by atoms with Gasteiger partial charge in [0.25, 0.3) is 0 Å². The third-order valence-corrected chi connectivity index (χ3v) is 8.13. The van der Waals surface area contributed by atoms with Crippen LogP contribution in [0.2, 0.25) is 0 Å². The van der Waals surface area contributed by atoms with Gasteiger partial charge in [0.2, 0.25) is 10.3 Å². The molecule has 32 heavy (non-hydrogen) atoms. The summed E-state index contributed by atoms with van der Waals surface area (Å²) in [5.41, 5.74) is 5.23. The topological polar surface area (TPSA) is 87.2 Å². The third-order valence-electron chi connectivity index (χ3n) is 5.27. The molecule has 4 heterocycles. The van der Waals surface area contributed by atoms with Crippen molar-refractivity contribution in [3.63, 3.8) is 0 Å². The highest BCUT2D eigenvalue weighted by atomic mass is 79.9. The number of benzene rings is 2. The Hall–Kier alpha value is -2.28. The van der Waals surface area contributed by atoms with E-state index in [1.54, 1.807) is 0 Å². The van der Waals surface area contributed by atoms with Gasteiger partial charge in [-0.25, -0.2) is 9.97 Å². The van der Waals surface area contributed by atoms with Crippen LogP contribution in [0, 0.1) is 0 Å². The molecule has 0 spiro atoms. The van der Waals surface area contributed by atoms with Gasteiger partial charge in [0.1, 0.15) is 11.0 Å². The molecule has 158 valence electrons. The number of hydrogen-bond donors (Lipinski definition) is 0. The van der Waals surface area contributed by atoms with Crippen molar-refractivity contribution >= 4 is 97.6 Å². The summed E-state index contributed by atoms with van der Waals surface area (Å²) in [4.78, 5) is 9.42. The third kappa shape index (κ3) is 3.19. The van der Waals surface area contributed by atoms with Gasteiger partial charge in [-0.2, -0.15) is 0 Å². The molecule has 0 aliphatic rings. The molecule has 0 aliphatic heterocycles. The Morgan fingerprint density at radius 1 is 0.656 bits per heavy atom. The highest BCUT2D eigenvalue weighted by Gasteiger charge is 2.16. The number of nitrogens with zero attached hydrogens (tertiary/aromatic N) is 8. The van der Waals surface area contributed by atoms with Gasteiger partial charge in [-0.15, -0.1) is 20.4 Å². The van der Waals surface area contributed by atoms with Crippen LogP contribution in [0.4, 0.5) is 0 Å². The van der Waals surface area contributed by atoms with Crippen molar-refractivity contribution in [1.82, 2.24) is 39.5 Å². The van der Waals surface area contributed by atoms with E-state index in [1.165, 1.54) is 21.6 Å². The first-order valence-corrected chi connectivity index (χ1v) is 13.1. The number of aromatic nitrogens is 8. The van der Waals surface area contributed by atoms with Crippen LogP contribution in [0.1, 0.15) is 0 Å². The predicted molar refractivity (Wildman–Crippen MR) is 135 cm³/mol. The van der Waals surface area contributed by atoms with Crippen molar-refractivity contribution < 1.29 is 0 Å². The van der Waals surface area contributed by atoms with E-state index in [0.717, 1.165) is 53.1 Å². The second kappa shape index (κ2) is 7.65. The van der Waals surface area contributed by atoms with Crippen molar-refractivity contribution in [3.8, 4) is 0 Å². The van der Waals surface area contributed by atoms with Gasteiger partial charge >= 0.3 is 0 Å². The summed E-state index contributed by atoms with van der Waals surface area (Å²) in [7, 11) is 6.68. The second-order valence-corrected chi connectivity index (χ2v) is 11.0. The lowest BCUT2D eigenvalue weighted by molar-refractivity contribution is 0.854. The zero-order valence-electron chi connectivity index (χ0n) is 16.6. The molecular weight excluding hydrogens is 576 g/mol. The average molecular weight is 588 g/mol. The molecule has 6 aromatic rings. The van der Waals surface area contributed by atoms with Gasteiger partial charge in [0.05, 0.1) is 11.0 Å². The molecule has 0 N–H and O–H groups in total. The summed E-state index contributed by atoms with van der Waals surface area (Å²) in [6, 6.07) is 12.2. The van der Waals surface area contributed by atoms with Crippen LogP contribution < -0.4 is 0 Å². The predicted octanol–water partition coefficient (Wildman–Crippen LogP) is 5.67. The summed E-state index contributed by atoms with van der Waals surface area (Å²) in [6.07, 6.45) is 0. The Balaban J connectivity index is 1.34. The van der Waals surface area contributed by atoms with E-state index < -0.39 is 0 Å². The first-order chi connectivity index (χ1) is 15.5. The van der Waals surface area contributed by atoms with Crippen molar-refractivity contribution in [1.29, 1.82) is 0 Å². The minimum atomic E-state index is 0.539. The van der Waals surface area contributed by atoms with E-state index in [0.29, 0.717) is 10.3 Å². The SMILES string of the molecule is Cn1c2ccc(Br)cc2c2nnc(SSc3nnc4c5cc(Br)ccc5n(C)c4n3)nc21. The van der Waals surface area contributed by atoms with E-state index >= 15 is 0 Å². The quantitative estimate of drug-likeness (QED) is 0.245. The lowest BCUT2D eigenvalue weighted by Gasteiger charge is -2.00. The van der Waals surface area contributed by atoms with Gasteiger partial charge in [0.15, 0.2) is 11.3 Å². The van der Waals surface area contributed by atoms with Crippen molar-refractivity contribution in [2.45, 2.75) is 10.3 Å². The first-order valence-electron chi connectivity index (χ1n) is 9.41. The lowest BCUT2D eigenvalue weighted by Crippen LogP contribution is -1.96. The van der Waals surface area contributed by atoms with Gasteiger partial charge in [-0.1, -0.05) is 31.9 Å². The number of halogens is 2. The fraction of sp³-hybridized carbons (Fsp3) is 0.100. The zero-order chi connectivity index (χ0) is 22.0. The summed E-state index contributed by atoms with van der Waals surface area (Å²) >= 11 is 7.04. The van der Waals surface area contributed by atoms with Crippen molar-refractivity contribution in [3.05, 3.63) is 45.3 Å². The number of rotatable bonds is 3. The Bertz CT molecular complexity index is 1570. The van der Waals surface area contributed by atoms with E-state index in [9.17, 15) is 0 Å². The Labute approximate surface area is 205 Å². The first kappa shape index (κ1) is 20.3. The maximum Gasteiger partial charge on any atom is 0.222 e. The summed E-state index contributed by atoms with van der Waals surface area (Å²) in [6.45, 7) is 0. The fourth-order valence-electron chi connectivity index (χ4n) is 3.78. The fourth-order valence-corrected chi connectivity index (χ4v) is 5.92. The summed E-state index contributed by atoms with van der Waals surface area (Å²) < 4.78 is 6.04. The number of fused-ring (bicyclic) bond motifs is 6. The Kier molecular flexibility index (Phi) is 4.86. The van der Waals surface area contributed by atoms with Crippen LogP contribution in [0.25, 0.3) is 44.1 Å². The lowest BCUT2D eigenvalue weighted by atomic mass is 10.2. The number of aryl methyl sites for hydroxylation is 2. The zero-order valence-corrected chi connectivity index (χ0v) is 21.4. The van der Waals surface area contributed by atoms with Crippen LogP contribution in [0.15, 0.2) is 55.7 Å². The monoisotopic (exact) mass is 586 g/mol. The van der Waals surface area contributed by atoms with Crippen LogP contribution >= 0.6 is 53.4 Å². The molecule has 0 atom stereocenters. The molecule has 0 aliphatic carbocycles. The van der Waals surface area contributed by atoms with E-state index in [1.807, 2.05) is 59.6 Å². The molecule has 6 rings (SSSR count). The molecule has 0 unspecified atom stereocenters. The maximum absolute atomic E-state index is 4.71.